The van der Waals surface area contributed by atoms with Gasteiger partial charge in [-0.2, -0.15) is 0 Å². The number of pyridine rings is 1. The minimum atomic E-state index is -0.363. The number of hydrogen-bond acceptors (Lipinski definition) is 7. The molecule has 2 aromatic heterocycles. The first-order valence-electron chi connectivity index (χ1n) is 8.21. The molecule has 0 atom stereocenters. The lowest BCUT2D eigenvalue weighted by Crippen LogP contribution is -2.23. The van der Waals surface area contributed by atoms with E-state index in [-0.39, 0.29) is 5.60 Å². The van der Waals surface area contributed by atoms with E-state index in [2.05, 4.69) is 9.88 Å². The van der Waals surface area contributed by atoms with Gasteiger partial charge in [-0.05, 0) is 60.9 Å². The van der Waals surface area contributed by atoms with E-state index in [1.807, 2.05) is 48.7 Å². The van der Waals surface area contributed by atoms with Crippen molar-refractivity contribution in [1.29, 1.82) is 0 Å². The first kappa shape index (κ1) is 19.9. The summed E-state index contributed by atoms with van der Waals surface area (Å²) in [4.78, 5) is 8.39. The number of thiophene rings is 1. The fraction of sp³-hybridized carbons (Fsp3) is 0.556. The molecule has 0 spiro atoms. The number of hydrogen-bond donors (Lipinski definition) is 1. The molecule has 0 amide bonds. The number of anilines is 1. The molecular weight excluding hydrogens is 354 g/mol. The summed E-state index contributed by atoms with van der Waals surface area (Å²) in [5.41, 5.74) is 8.51. The lowest BCUT2D eigenvalue weighted by molar-refractivity contribution is 0.123. The van der Waals surface area contributed by atoms with Crippen LogP contribution in [0.5, 0.6) is 5.75 Å². The van der Waals surface area contributed by atoms with E-state index >= 15 is 0 Å². The van der Waals surface area contributed by atoms with Crippen molar-refractivity contribution in [2.45, 2.75) is 40.2 Å². The Bertz CT molecular complexity index is 792. The van der Waals surface area contributed by atoms with Gasteiger partial charge in [-0.3, -0.25) is 0 Å². The van der Waals surface area contributed by atoms with E-state index in [0.717, 1.165) is 38.6 Å². The van der Waals surface area contributed by atoms with Crippen LogP contribution < -0.4 is 10.5 Å². The molecule has 0 bridgehead atoms. The highest BCUT2D eigenvalue weighted by molar-refractivity contribution is 7.81. The Morgan fingerprint density at radius 3 is 2.48 bits per heavy atom. The van der Waals surface area contributed by atoms with E-state index < -0.39 is 0 Å². The zero-order valence-electron chi connectivity index (χ0n) is 16.0. The molecule has 0 aliphatic rings. The molecule has 138 valence electrons. The number of fused-ring (bicyclic) bond motifs is 1. The third kappa shape index (κ3) is 4.59. The third-order valence-electron chi connectivity index (χ3n) is 3.61. The van der Waals surface area contributed by atoms with Crippen LogP contribution in [0.15, 0.2) is 0 Å². The average molecular weight is 382 g/mol. The van der Waals surface area contributed by atoms with Crippen LogP contribution in [0.4, 0.5) is 5.69 Å². The SMILES string of the molecule is Cc1nc2sc(C(=S)OC(C)(C)C)c(N)c2c(C)c1OCCN(C)C. The summed E-state index contributed by atoms with van der Waals surface area (Å²) in [7, 11) is 4.04. The first-order chi connectivity index (χ1) is 11.5. The quantitative estimate of drug-likeness (QED) is 0.792. The molecule has 5 nitrogen and oxygen atoms in total. The molecule has 0 radical (unpaired) electrons. The number of nitrogens with two attached hydrogens (primary N) is 1. The predicted octanol–water partition coefficient (Wildman–Crippen LogP) is 3.93. The number of likely N-dealkylation sites (N-methyl/N-ethyl adjacent to an activating group) is 1. The number of rotatable bonds is 5. The number of nitrogens with zero attached hydrogens (tertiary/aromatic N) is 2. The van der Waals surface area contributed by atoms with Gasteiger partial charge in [0.05, 0.1) is 11.4 Å². The average Bonchev–Trinajstić information content (AvgIpc) is 2.77. The van der Waals surface area contributed by atoms with Gasteiger partial charge >= 0.3 is 0 Å². The molecule has 0 aliphatic heterocycles. The fourth-order valence-electron chi connectivity index (χ4n) is 2.48. The number of nitrogen functional groups attached to an aromatic ring is 1. The van der Waals surface area contributed by atoms with Gasteiger partial charge in [0.2, 0.25) is 5.05 Å². The van der Waals surface area contributed by atoms with Gasteiger partial charge in [-0.15, -0.1) is 11.3 Å². The molecule has 0 aliphatic carbocycles. The summed E-state index contributed by atoms with van der Waals surface area (Å²) in [6.07, 6.45) is 0. The lowest BCUT2D eigenvalue weighted by Gasteiger charge is -2.21. The van der Waals surface area contributed by atoms with Crippen molar-refractivity contribution < 1.29 is 9.47 Å². The lowest BCUT2D eigenvalue weighted by atomic mass is 10.1. The maximum atomic E-state index is 6.39. The van der Waals surface area contributed by atoms with E-state index in [0.29, 0.717) is 17.3 Å². The van der Waals surface area contributed by atoms with Crippen LogP contribution in [0.25, 0.3) is 10.2 Å². The minimum Gasteiger partial charge on any atom is -0.490 e. The number of aromatic nitrogens is 1. The zero-order chi connectivity index (χ0) is 18.9. The van der Waals surface area contributed by atoms with Gasteiger partial charge in [-0.1, -0.05) is 0 Å². The van der Waals surface area contributed by atoms with Gasteiger partial charge in [0, 0.05) is 17.5 Å². The number of aryl methyl sites for hydroxylation is 2. The summed E-state index contributed by atoms with van der Waals surface area (Å²) < 4.78 is 11.8. The second-order valence-electron chi connectivity index (χ2n) is 7.33. The van der Waals surface area contributed by atoms with Crippen LogP contribution in [0, 0.1) is 13.8 Å². The Labute approximate surface area is 159 Å². The monoisotopic (exact) mass is 381 g/mol. The Balaban J connectivity index is 2.43. The second kappa shape index (κ2) is 7.43. The van der Waals surface area contributed by atoms with Crippen molar-refractivity contribution >= 4 is 44.5 Å². The smallest absolute Gasteiger partial charge is 0.204 e. The third-order valence-corrected chi connectivity index (χ3v) is 5.12. The van der Waals surface area contributed by atoms with Crippen molar-refractivity contribution in [3.63, 3.8) is 0 Å². The summed E-state index contributed by atoms with van der Waals surface area (Å²) >= 11 is 6.92. The summed E-state index contributed by atoms with van der Waals surface area (Å²) in [5, 5.41) is 1.32. The maximum absolute atomic E-state index is 6.39. The predicted molar refractivity (Wildman–Crippen MR) is 110 cm³/mol. The molecule has 2 heterocycles. The van der Waals surface area contributed by atoms with Gasteiger partial charge in [-0.25, -0.2) is 4.98 Å². The normalized spacial score (nSPS) is 12.0. The van der Waals surface area contributed by atoms with Crippen LogP contribution in [-0.4, -0.2) is 47.8 Å². The molecule has 0 saturated carbocycles. The van der Waals surface area contributed by atoms with Crippen molar-refractivity contribution in [3.05, 3.63) is 16.1 Å². The van der Waals surface area contributed by atoms with Gasteiger partial charge in [0.25, 0.3) is 0 Å². The number of thiocarbonyl (C=S) groups is 1. The van der Waals surface area contributed by atoms with Gasteiger partial charge in [0.15, 0.2) is 0 Å². The van der Waals surface area contributed by atoms with E-state index in [9.17, 15) is 0 Å². The first-order valence-corrected chi connectivity index (χ1v) is 9.43. The molecule has 0 unspecified atom stereocenters. The molecule has 7 heteroatoms. The van der Waals surface area contributed by atoms with Crippen LogP contribution >= 0.6 is 23.6 Å². The molecule has 0 saturated heterocycles. The summed E-state index contributed by atoms with van der Waals surface area (Å²) in [6.45, 7) is 11.3. The largest absolute Gasteiger partial charge is 0.490 e. The van der Waals surface area contributed by atoms with Crippen LogP contribution in [0.1, 0.15) is 36.9 Å². The summed E-state index contributed by atoms with van der Waals surface area (Å²) in [6, 6.07) is 0. The molecule has 2 N–H and O–H groups in total. The van der Waals surface area contributed by atoms with Crippen LogP contribution in [0.3, 0.4) is 0 Å². The molecule has 0 fully saturated rings. The van der Waals surface area contributed by atoms with Crippen LogP contribution in [-0.2, 0) is 4.74 Å². The minimum absolute atomic E-state index is 0.363. The molecule has 2 rings (SSSR count). The van der Waals surface area contributed by atoms with Crippen molar-refractivity contribution in [2.75, 3.05) is 33.0 Å². The Hall–Kier alpha value is -1.44. The Morgan fingerprint density at radius 2 is 1.92 bits per heavy atom. The standard InChI is InChI=1S/C18H27N3O2S2/c1-10-12-13(19)15(17(24)23-18(3,4)5)25-16(12)20-11(2)14(10)22-9-8-21(6)7/h8-9,19H2,1-7H3. The molecule has 25 heavy (non-hydrogen) atoms. The molecule has 0 aromatic carbocycles. The van der Waals surface area contributed by atoms with Crippen molar-refractivity contribution in [2.24, 2.45) is 0 Å². The Morgan fingerprint density at radius 1 is 1.28 bits per heavy atom. The van der Waals surface area contributed by atoms with Crippen molar-refractivity contribution in [3.8, 4) is 5.75 Å². The summed E-state index contributed by atoms with van der Waals surface area (Å²) in [5.74, 6) is 0.799. The fourth-order valence-corrected chi connectivity index (χ4v) is 4.04. The highest BCUT2D eigenvalue weighted by Crippen LogP contribution is 2.40. The van der Waals surface area contributed by atoms with E-state index in [1.54, 1.807) is 0 Å². The maximum Gasteiger partial charge on any atom is 0.204 e. The highest BCUT2D eigenvalue weighted by atomic mass is 32.1. The zero-order valence-corrected chi connectivity index (χ0v) is 17.7. The molecular formula is C18H27N3O2S2. The van der Waals surface area contributed by atoms with Crippen molar-refractivity contribution in [1.82, 2.24) is 9.88 Å². The highest BCUT2D eigenvalue weighted by Gasteiger charge is 2.23. The number of ether oxygens (including phenoxy) is 2. The Kier molecular flexibility index (Phi) is 5.91. The van der Waals surface area contributed by atoms with E-state index in [1.165, 1.54) is 11.3 Å². The topological polar surface area (TPSA) is 60.6 Å². The van der Waals surface area contributed by atoms with Crippen LogP contribution in [0.2, 0.25) is 0 Å². The van der Waals surface area contributed by atoms with E-state index in [4.69, 9.17) is 27.4 Å². The van der Waals surface area contributed by atoms with Gasteiger partial charge < -0.3 is 20.1 Å². The van der Waals surface area contributed by atoms with Gasteiger partial charge in [0.1, 0.15) is 27.7 Å². The second-order valence-corrected chi connectivity index (χ2v) is 8.70. The molecule has 2 aromatic rings.